The predicted octanol–water partition coefficient (Wildman–Crippen LogP) is 4.58. The topological polar surface area (TPSA) is 102 Å². The van der Waals surface area contributed by atoms with Gasteiger partial charge < -0.3 is 14.8 Å². The van der Waals surface area contributed by atoms with Crippen LogP contribution in [0.15, 0.2) is 46.8 Å². The SMILES string of the molecule is CCOc1ccccc1NC(=O)CSc1nnc(NC(=O)c2cc(Cl)ccc2OC)s1. The first kappa shape index (κ1) is 22.9. The van der Waals surface area contributed by atoms with Gasteiger partial charge in [-0.1, -0.05) is 46.8 Å². The molecule has 11 heteroatoms. The highest BCUT2D eigenvalue weighted by atomic mass is 35.5. The van der Waals surface area contributed by atoms with Gasteiger partial charge in [0.15, 0.2) is 4.34 Å². The molecule has 162 valence electrons. The maximum Gasteiger partial charge on any atom is 0.261 e. The second-order valence-corrected chi connectivity index (χ2v) is 8.57. The van der Waals surface area contributed by atoms with Gasteiger partial charge in [0, 0.05) is 5.02 Å². The molecule has 3 aromatic rings. The average Bonchev–Trinajstić information content (AvgIpc) is 3.21. The number of carbonyl (C=O) groups excluding carboxylic acids is 2. The number of methoxy groups -OCH3 is 1. The molecule has 2 amide bonds. The van der Waals surface area contributed by atoms with Crippen molar-refractivity contribution in [1.82, 2.24) is 10.2 Å². The van der Waals surface area contributed by atoms with Gasteiger partial charge in [0.25, 0.3) is 5.91 Å². The van der Waals surface area contributed by atoms with Crippen LogP contribution in [-0.2, 0) is 4.79 Å². The van der Waals surface area contributed by atoms with Crippen molar-refractivity contribution in [3.05, 3.63) is 53.1 Å². The molecule has 2 N–H and O–H groups in total. The van der Waals surface area contributed by atoms with Gasteiger partial charge in [0.05, 0.1) is 30.7 Å². The molecule has 2 aromatic carbocycles. The number of rotatable bonds is 9. The maximum absolute atomic E-state index is 12.5. The van der Waals surface area contributed by atoms with Crippen LogP contribution in [0.4, 0.5) is 10.8 Å². The number of ether oxygens (including phenoxy) is 2. The third-order valence-corrected chi connectivity index (χ3v) is 6.03. The zero-order valence-electron chi connectivity index (χ0n) is 16.7. The van der Waals surface area contributed by atoms with Gasteiger partial charge in [0.2, 0.25) is 11.0 Å². The van der Waals surface area contributed by atoms with E-state index in [1.165, 1.54) is 24.9 Å². The summed E-state index contributed by atoms with van der Waals surface area (Å²) in [4.78, 5) is 24.8. The van der Waals surface area contributed by atoms with E-state index in [2.05, 4.69) is 20.8 Å². The highest BCUT2D eigenvalue weighted by molar-refractivity contribution is 8.01. The molecular formula is C20H19ClN4O4S2. The normalized spacial score (nSPS) is 10.4. The molecule has 0 aliphatic rings. The number of benzene rings is 2. The first-order valence-corrected chi connectivity index (χ1v) is 11.3. The lowest BCUT2D eigenvalue weighted by Crippen LogP contribution is -2.14. The van der Waals surface area contributed by atoms with Gasteiger partial charge in [-0.3, -0.25) is 14.9 Å². The number of thioether (sulfide) groups is 1. The molecule has 0 saturated carbocycles. The van der Waals surface area contributed by atoms with E-state index >= 15 is 0 Å². The number of hydrogen-bond donors (Lipinski definition) is 2. The highest BCUT2D eigenvalue weighted by Gasteiger charge is 2.16. The Kier molecular flexibility index (Phi) is 8.10. The lowest BCUT2D eigenvalue weighted by molar-refractivity contribution is -0.113. The van der Waals surface area contributed by atoms with Crippen LogP contribution in [0.3, 0.4) is 0 Å². The molecule has 8 nitrogen and oxygen atoms in total. The van der Waals surface area contributed by atoms with Crippen LogP contribution < -0.4 is 20.1 Å². The Morgan fingerprint density at radius 3 is 2.71 bits per heavy atom. The summed E-state index contributed by atoms with van der Waals surface area (Å²) in [5.41, 5.74) is 0.891. The zero-order valence-corrected chi connectivity index (χ0v) is 19.1. The number of hydrogen-bond acceptors (Lipinski definition) is 8. The third kappa shape index (κ3) is 6.33. The fourth-order valence-corrected chi connectivity index (χ4v) is 4.22. The molecule has 0 atom stereocenters. The van der Waals surface area contributed by atoms with Crippen LogP contribution in [0.5, 0.6) is 11.5 Å². The molecule has 0 spiro atoms. The van der Waals surface area contributed by atoms with Gasteiger partial charge >= 0.3 is 0 Å². The van der Waals surface area contributed by atoms with Crippen molar-refractivity contribution in [2.24, 2.45) is 0 Å². The van der Waals surface area contributed by atoms with Crippen molar-refractivity contribution in [2.45, 2.75) is 11.3 Å². The molecule has 1 heterocycles. The van der Waals surface area contributed by atoms with Gasteiger partial charge in [-0.2, -0.15) is 0 Å². The van der Waals surface area contributed by atoms with Crippen LogP contribution in [0.25, 0.3) is 0 Å². The summed E-state index contributed by atoms with van der Waals surface area (Å²) < 4.78 is 11.2. The number of carbonyl (C=O) groups is 2. The van der Waals surface area contributed by atoms with Crippen molar-refractivity contribution in [3.8, 4) is 11.5 Å². The van der Waals surface area contributed by atoms with Crippen LogP contribution in [-0.4, -0.2) is 41.5 Å². The summed E-state index contributed by atoms with van der Waals surface area (Å²) in [5.74, 6) is 0.509. The molecule has 0 unspecified atom stereocenters. The van der Waals surface area contributed by atoms with E-state index < -0.39 is 5.91 Å². The number of nitrogens with zero attached hydrogens (tertiary/aromatic N) is 2. The monoisotopic (exact) mass is 478 g/mol. The Morgan fingerprint density at radius 2 is 1.94 bits per heavy atom. The Balaban J connectivity index is 1.56. The molecular weight excluding hydrogens is 460 g/mol. The largest absolute Gasteiger partial charge is 0.496 e. The van der Waals surface area contributed by atoms with Crippen molar-refractivity contribution < 1.29 is 19.1 Å². The molecule has 31 heavy (non-hydrogen) atoms. The summed E-state index contributed by atoms with van der Waals surface area (Å²) in [6.45, 7) is 2.38. The fraction of sp³-hybridized carbons (Fsp3) is 0.200. The predicted molar refractivity (Wildman–Crippen MR) is 123 cm³/mol. The van der Waals surface area contributed by atoms with Crippen LogP contribution in [0.1, 0.15) is 17.3 Å². The number of anilines is 2. The molecule has 0 aliphatic heterocycles. The van der Waals surface area contributed by atoms with Crippen molar-refractivity contribution in [2.75, 3.05) is 30.1 Å². The Hall–Kier alpha value is -2.82. The lowest BCUT2D eigenvalue weighted by Gasteiger charge is -2.10. The molecule has 0 saturated heterocycles. The van der Waals surface area contributed by atoms with Crippen LogP contribution in [0.2, 0.25) is 5.02 Å². The minimum atomic E-state index is -0.419. The van der Waals surface area contributed by atoms with E-state index in [1.807, 2.05) is 19.1 Å². The Morgan fingerprint density at radius 1 is 1.13 bits per heavy atom. The van der Waals surface area contributed by atoms with Crippen LogP contribution in [0, 0.1) is 0 Å². The van der Waals surface area contributed by atoms with E-state index in [9.17, 15) is 9.59 Å². The number of para-hydroxylation sites is 2. The summed E-state index contributed by atoms with van der Waals surface area (Å²) in [7, 11) is 1.47. The van der Waals surface area contributed by atoms with Gasteiger partial charge in [-0.05, 0) is 37.3 Å². The van der Waals surface area contributed by atoms with Gasteiger partial charge in [-0.25, -0.2) is 0 Å². The number of halogens is 1. The molecule has 0 radical (unpaired) electrons. The smallest absolute Gasteiger partial charge is 0.261 e. The van der Waals surface area contributed by atoms with Crippen molar-refractivity contribution >= 4 is 57.3 Å². The van der Waals surface area contributed by atoms with E-state index in [4.69, 9.17) is 21.1 Å². The second kappa shape index (κ2) is 11.0. The molecule has 0 fully saturated rings. The maximum atomic E-state index is 12.5. The quantitative estimate of drug-likeness (QED) is 0.342. The summed E-state index contributed by atoms with van der Waals surface area (Å²) in [6.07, 6.45) is 0. The summed E-state index contributed by atoms with van der Waals surface area (Å²) >= 11 is 8.35. The fourth-order valence-electron chi connectivity index (χ4n) is 2.51. The third-order valence-electron chi connectivity index (χ3n) is 3.82. The molecule has 1 aromatic heterocycles. The van der Waals surface area contributed by atoms with Crippen molar-refractivity contribution in [3.63, 3.8) is 0 Å². The van der Waals surface area contributed by atoms with Gasteiger partial charge in [-0.15, -0.1) is 10.2 Å². The average molecular weight is 479 g/mol. The Bertz CT molecular complexity index is 1080. The number of nitrogens with one attached hydrogen (secondary N) is 2. The molecule has 0 bridgehead atoms. The first-order valence-electron chi connectivity index (χ1n) is 9.13. The molecule has 3 rings (SSSR count). The van der Waals surface area contributed by atoms with Crippen molar-refractivity contribution in [1.29, 1.82) is 0 Å². The van der Waals surface area contributed by atoms with Crippen LogP contribution >= 0.6 is 34.7 Å². The zero-order chi connectivity index (χ0) is 22.2. The van der Waals surface area contributed by atoms with E-state index in [0.29, 0.717) is 38.3 Å². The summed E-state index contributed by atoms with van der Waals surface area (Å²) in [5, 5.41) is 14.2. The van der Waals surface area contributed by atoms with E-state index in [1.54, 1.807) is 24.3 Å². The minimum absolute atomic E-state index is 0.130. The van der Waals surface area contributed by atoms with Gasteiger partial charge in [0.1, 0.15) is 11.5 Å². The first-order chi connectivity index (χ1) is 15.0. The second-order valence-electron chi connectivity index (χ2n) is 5.94. The number of amides is 2. The summed E-state index contributed by atoms with van der Waals surface area (Å²) in [6, 6.07) is 12.0. The Labute approximate surface area is 192 Å². The van der Waals surface area contributed by atoms with E-state index in [-0.39, 0.29) is 17.2 Å². The van der Waals surface area contributed by atoms with E-state index in [0.717, 1.165) is 11.3 Å². The molecule has 0 aliphatic carbocycles. The minimum Gasteiger partial charge on any atom is -0.496 e. The lowest BCUT2D eigenvalue weighted by atomic mass is 10.2. The number of aromatic nitrogens is 2. The standard InChI is InChI=1S/C20H19ClN4O4S2/c1-3-29-16-7-5-4-6-14(16)22-17(26)11-30-20-25-24-19(31-20)23-18(27)13-10-12(21)8-9-15(13)28-2/h4-10H,3,11H2,1-2H3,(H,22,26)(H,23,24,27). The highest BCUT2D eigenvalue weighted by Crippen LogP contribution is 2.29.